The van der Waals surface area contributed by atoms with Crippen molar-refractivity contribution in [1.82, 2.24) is 0 Å². The summed E-state index contributed by atoms with van der Waals surface area (Å²) in [5, 5.41) is 20.5. The fraction of sp³-hybridized carbons (Fsp3) is 0.750. The van der Waals surface area contributed by atoms with Crippen molar-refractivity contribution in [3.8, 4) is 0 Å². The summed E-state index contributed by atoms with van der Waals surface area (Å²) < 4.78 is 0. The SMILES string of the molecule is C=C(CCC[C@H]1CC[C@H]2C3=C(C(=O)C[C@]12C)[C@@]1(C)CCC(=O)[C@@H](C)[C@@H]1C[C@@H]3O)C(C)C(=O)O. The van der Waals surface area contributed by atoms with Crippen molar-refractivity contribution in [1.29, 1.82) is 0 Å². The number of hydrogen-bond donors (Lipinski definition) is 2. The summed E-state index contributed by atoms with van der Waals surface area (Å²) in [5.74, 6) is -0.366. The first-order valence-corrected chi connectivity index (χ1v) is 12.8. The van der Waals surface area contributed by atoms with Gasteiger partial charge in [0, 0.05) is 29.7 Å². The molecular weight excluding hydrogens is 416 g/mol. The third kappa shape index (κ3) is 3.75. The number of carbonyl (C=O) groups excluding carboxylic acids is 2. The average molecular weight is 457 g/mol. The van der Waals surface area contributed by atoms with Crippen LogP contribution in [-0.4, -0.2) is 33.9 Å². The fourth-order valence-corrected chi connectivity index (χ4v) is 8.06. The predicted molar refractivity (Wildman–Crippen MR) is 126 cm³/mol. The minimum absolute atomic E-state index is 0.0419. The molecule has 8 atom stereocenters. The van der Waals surface area contributed by atoms with Gasteiger partial charge in [0.2, 0.25) is 0 Å². The minimum atomic E-state index is -0.831. The van der Waals surface area contributed by atoms with E-state index in [1.807, 2.05) is 6.92 Å². The summed E-state index contributed by atoms with van der Waals surface area (Å²) in [6, 6.07) is 0. The zero-order chi connectivity index (χ0) is 24.3. The number of ketones is 2. The molecule has 0 spiro atoms. The molecule has 4 aliphatic carbocycles. The maximum Gasteiger partial charge on any atom is 0.310 e. The van der Waals surface area contributed by atoms with Crippen LogP contribution in [0.3, 0.4) is 0 Å². The molecule has 1 unspecified atom stereocenters. The number of carboxylic acid groups (broad SMARTS) is 1. The van der Waals surface area contributed by atoms with Gasteiger partial charge in [-0.25, -0.2) is 0 Å². The predicted octanol–water partition coefficient (Wildman–Crippen LogP) is 5.12. The highest BCUT2D eigenvalue weighted by molar-refractivity contribution is 6.00. The molecule has 33 heavy (non-hydrogen) atoms. The van der Waals surface area contributed by atoms with Gasteiger partial charge >= 0.3 is 5.97 Å². The van der Waals surface area contributed by atoms with Gasteiger partial charge in [-0.05, 0) is 80.6 Å². The molecule has 2 fully saturated rings. The van der Waals surface area contributed by atoms with E-state index in [1.165, 1.54) is 0 Å². The van der Waals surface area contributed by atoms with Crippen molar-refractivity contribution in [3.05, 3.63) is 23.3 Å². The van der Waals surface area contributed by atoms with E-state index in [-0.39, 0.29) is 40.2 Å². The van der Waals surface area contributed by atoms with E-state index in [0.717, 1.165) is 48.8 Å². The summed E-state index contributed by atoms with van der Waals surface area (Å²) in [6.45, 7) is 12.0. The van der Waals surface area contributed by atoms with Crippen LogP contribution in [0.4, 0.5) is 0 Å². The number of aliphatic carboxylic acids is 1. The van der Waals surface area contributed by atoms with Crippen LogP contribution in [0.1, 0.15) is 85.5 Å². The van der Waals surface area contributed by atoms with Crippen molar-refractivity contribution in [2.24, 2.45) is 40.4 Å². The number of aliphatic hydroxyl groups is 1. The maximum absolute atomic E-state index is 13.7. The Kier molecular flexibility index (Phi) is 6.26. The molecule has 2 N–H and O–H groups in total. The lowest BCUT2D eigenvalue weighted by Gasteiger charge is -2.55. The molecule has 0 heterocycles. The van der Waals surface area contributed by atoms with Gasteiger partial charge in [-0.1, -0.05) is 32.9 Å². The molecule has 0 radical (unpaired) electrons. The molecular formula is C28H40O5. The topological polar surface area (TPSA) is 91.7 Å². The molecule has 0 saturated heterocycles. The van der Waals surface area contributed by atoms with Gasteiger partial charge < -0.3 is 10.2 Å². The van der Waals surface area contributed by atoms with Crippen molar-refractivity contribution in [2.75, 3.05) is 0 Å². The summed E-state index contributed by atoms with van der Waals surface area (Å²) in [6.07, 6.45) is 6.27. The highest BCUT2D eigenvalue weighted by Crippen LogP contribution is 2.64. The number of carboxylic acids is 1. The first-order chi connectivity index (χ1) is 15.4. The van der Waals surface area contributed by atoms with Crippen LogP contribution in [0.2, 0.25) is 0 Å². The van der Waals surface area contributed by atoms with Crippen LogP contribution >= 0.6 is 0 Å². The lowest BCUT2D eigenvalue weighted by atomic mass is 9.48. The zero-order valence-corrected chi connectivity index (χ0v) is 20.7. The van der Waals surface area contributed by atoms with Gasteiger partial charge in [-0.3, -0.25) is 14.4 Å². The van der Waals surface area contributed by atoms with Crippen LogP contribution in [-0.2, 0) is 14.4 Å². The quantitative estimate of drug-likeness (QED) is 0.541. The molecule has 0 amide bonds. The third-order valence-corrected chi connectivity index (χ3v) is 10.3. The highest BCUT2D eigenvalue weighted by atomic mass is 16.4. The van der Waals surface area contributed by atoms with Gasteiger partial charge in [0.05, 0.1) is 12.0 Å². The minimum Gasteiger partial charge on any atom is -0.481 e. The average Bonchev–Trinajstić information content (AvgIpc) is 3.07. The first-order valence-electron chi connectivity index (χ1n) is 12.8. The molecule has 0 aliphatic heterocycles. The fourth-order valence-electron chi connectivity index (χ4n) is 8.06. The number of rotatable bonds is 6. The van der Waals surface area contributed by atoms with Crippen LogP contribution in [0, 0.1) is 40.4 Å². The molecule has 0 aromatic rings. The van der Waals surface area contributed by atoms with Gasteiger partial charge in [0.15, 0.2) is 5.78 Å². The molecule has 182 valence electrons. The van der Waals surface area contributed by atoms with Crippen LogP contribution in [0.25, 0.3) is 0 Å². The largest absolute Gasteiger partial charge is 0.481 e. The summed E-state index contributed by atoms with van der Waals surface area (Å²) in [4.78, 5) is 37.4. The second-order valence-electron chi connectivity index (χ2n) is 11.9. The Morgan fingerprint density at radius 1 is 1.24 bits per heavy atom. The van der Waals surface area contributed by atoms with E-state index in [1.54, 1.807) is 6.92 Å². The van der Waals surface area contributed by atoms with Gasteiger partial charge in [0.25, 0.3) is 0 Å². The van der Waals surface area contributed by atoms with Crippen molar-refractivity contribution >= 4 is 17.5 Å². The molecule has 0 aromatic heterocycles. The highest BCUT2D eigenvalue weighted by Gasteiger charge is 2.60. The van der Waals surface area contributed by atoms with E-state index in [9.17, 15) is 24.6 Å². The zero-order valence-electron chi connectivity index (χ0n) is 20.7. The molecule has 0 aromatic carbocycles. The Morgan fingerprint density at radius 3 is 2.61 bits per heavy atom. The van der Waals surface area contributed by atoms with E-state index >= 15 is 0 Å². The maximum atomic E-state index is 13.7. The third-order valence-electron chi connectivity index (χ3n) is 10.3. The lowest BCUT2D eigenvalue weighted by Crippen LogP contribution is -2.53. The van der Waals surface area contributed by atoms with Crippen molar-refractivity contribution < 1.29 is 24.6 Å². The van der Waals surface area contributed by atoms with Gasteiger partial charge in [-0.2, -0.15) is 0 Å². The summed E-state index contributed by atoms with van der Waals surface area (Å²) >= 11 is 0. The van der Waals surface area contributed by atoms with Crippen LogP contribution in [0.15, 0.2) is 23.3 Å². The Morgan fingerprint density at radius 2 is 1.94 bits per heavy atom. The van der Waals surface area contributed by atoms with E-state index in [4.69, 9.17) is 0 Å². The number of carbonyl (C=O) groups is 3. The van der Waals surface area contributed by atoms with Gasteiger partial charge in [0.1, 0.15) is 5.78 Å². The second-order valence-corrected chi connectivity index (χ2v) is 11.9. The monoisotopic (exact) mass is 456 g/mol. The second kappa shape index (κ2) is 8.48. The number of allylic oxidation sites excluding steroid dienone is 1. The number of Topliss-reactive ketones (excluding diaryl/α,β-unsaturated/α-hetero) is 2. The molecule has 0 bridgehead atoms. The normalized spacial score (nSPS) is 41.3. The Balaban J connectivity index is 1.57. The molecule has 5 heteroatoms. The van der Waals surface area contributed by atoms with E-state index < -0.39 is 18.0 Å². The van der Waals surface area contributed by atoms with Gasteiger partial charge in [-0.15, -0.1) is 0 Å². The van der Waals surface area contributed by atoms with Crippen LogP contribution < -0.4 is 0 Å². The number of fused-ring (bicyclic) bond motifs is 4. The standard InChI is InChI=1S/C28H40O5/c1-15(16(2)26(32)33)7-6-8-18-9-10-19-24-22(30)13-20-17(3)21(29)11-12-27(20,4)25(24)23(31)14-28(18,19)5/h16-20,22,30H,1,6-14H2,2-5H3,(H,32,33)/t16?,17-,18-,19-,20-,22-,27-,28+/m0/s1. The van der Waals surface area contributed by atoms with E-state index in [2.05, 4.69) is 20.4 Å². The lowest BCUT2D eigenvalue weighted by molar-refractivity contribution is -0.140. The van der Waals surface area contributed by atoms with E-state index in [0.29, 0.717) is 31.6 Å². The Hall–Kier alpha value is -1.75. The molecule has 4 rings (SSSR count). The number of hydrogen-bond acceptors (Lipinski definition) is 4. The van der Waals surface area contributed by atoms with Crippen molar-refractivity contribution in [2.45, 2.75) is 91.6 Å². The smallest absolute Gasteiger partial charge is 0.310 e. The molecule has 2 saturated carbocycles. The summed E-state index contributed by atoms with van der Waals surface area (Å²) in [5.41, 5.74) is 2.17. The molecule has 5 nitrogen and oxygen atoms in total. The van der Waals surface area contributed by atoms with Crippen LogP contribution in [0.5, 0.6) is 0 Å². The number of aliphatic hydroxyl groups excluding tert-OH is 1. The first kappa shape index (κ1) is 24.4. The van der Waals surface area contributed by atoms with Crippen molar-refractivity contribution in [3.63, 3.8) is 0 Å². The Labute approximate surface area is 197 Å². The summed E-state index contributed by atoms with van der Waals surface area (Å²) in [7, 11) is 0. The molecule has 4 aliphatic rings. The Bertz CT molecular complexity index is 915.